The lowest BCUT2D eigenvalue weighted by Gasteiger charge is -2.27. The van der Waals surface area contributed by atoms with Crippen molar-refractivity contribution in [1.82, 2.24) is 8.75 Å². The molecule has 0 aliphatic carbocycles. The van der Waals surface area contributed by atoms with Gasteiger partial charge in [-0.05, 0) is 81.3 Å². The molecule has 0 fully saturated rings. The van der Waals surface area contributed by atoms with Crippen LogP contribution in [0.15, 0.2) is 54.1 Å². The molecule has 2 aliphatic rings. The van der Waals surface area contributed by atoms with Crippen LogP contribution in [0.5, 0.6) is 28.7 Å². The van der Waals surface area contributed by atoms with E-state index in [1.807, 2.05) is 39.8 Å². The number of hydrogen-bond donors (Lipinski definition) is 1. The second-order valence-electron chi connectivity index (χ2n) is 11.2. The molecule has 3 aromatic carbocycles. The molecule has 10 nitrogen and oxygen atoms in total. The van der Waals surface area contributed by atoms with E-state index in [0.29, 0.717) is 75.3 Å². The number of methoxy groups -OCH3 is 1. The first-order valence-electron chi connectivity index (χ1n) is 14.5. The zero-order chi connectivity index (χ0) is 31.0. The minimum atomic E-state index is -2.11. The first kappa shape index (κ1) is 29.7. The summed E-state index contributed by atoms with van der Waals surface area (Å²) in [7, 11) is 1.56. The molecule has 6 rings (SSSR count). The number of ether oxygens (including phenoxy) is 6. The van der Waals surface area contributed by atoms with E-state index in [1.54, 1.807) is 43.5 Å². The quantitative estimate of drug-likeness (QED) is 0.229. The molecule has 1 unspecified atom stereocenters. The molecular formula is C33H34N2O8S. The number of rotatable bonds is 9. The van der Waals surface area contributed by atoms with Crippen LogP contribution in [0.25, 0.3) is 16.6 Å². The van der Waals surface area contributed by atoms with Gasteiger partial charge in [0.15, 0.2) is 23.0 Å². The second-order valence-corrected chi connectivity index (χ2v) is 11.7. The summed E-state index contributed by atoms with van der Waals surface area (Å²) < 4.78 is 44.1. The van der Waals surface area contributed by atoms with E-state index in [4.69, 9.17) is 28.4 Å². The molecule has 230 valence electrons. The minimum absolute atomic E-state index is 0.117. The highest BCUT2D eigenvalue weighted by Gasteiger charge is 2.48. The normalized spacial score (nSPS) is 18.1. The molecule has 3 heterocycles. The molecule has 11 heteroatoms. The SMILES string of the molecule is COc1cc(CC2=C(c3ccc4nsnc4c3)C(=O)OC2(O)c2ccc3c(c2)OCCCO3)cc(OC(C)C)c1OC(C)C. The van der Waals surface area contributed by atoms with E-state index in [2.05, 4.69) is 8.75 Å². The van der Waals surface area contributed by atoms with Gasteiger partial charge in [-0.3, -0.25) is 0 Å². The Morgan fingerprint density at radius 1 is 0.909 bits per heavy atom. The largest absolute Gasteiger partial charge is 0.493 e. The van der Waals surface area contributed by atoms with Gasteiger partial charge in [-0.25, -0.2) is 4.79 Å². The van der Waals surface area contributed by atoms with Crippen molar-refractivity contribution in [2.45, 2.75) is 58.5 Å². The zero-order valence-corrected chi connectivity index (χ0v) is 26.0. The Kier molecular flexibility index (Phi) is 8.08. The van der Waals surface area contributed by atoms with Gasteiger partial charge in [-0.15, -0.1) is 0 Å². The lowest BCUT2D eigenvalue weighted by atomic mass is 9.87. The topological polar surface area (TPSA) is 118 Å². The smallest absolute Gasteiger partial charge is 0.342 e. The fourth-order valence-corrected chi connectivity index (χ4v) is 5.88. The lowest BCUT2D eigenvalue weighted by Crippen LogP contribution is -2.30. The third-order valence-corrected chi connectivity index (χ3v) is 7.79. The highest BCUT2D eigenvalue weighted by atomic mass is 32.1. The third kappa shape index (κ3) is 5.65. The average molecular weight is 619 g/mol. The number of nitrogens with zero attached hydrogens (tertiary/aromatic N) is 2. The van der Waals surface area contributed by atoms with E-state index in [0.717, 1.165) is 18.1 Å². The van der Waals surface area contributed by atoms with Crippen LogP contribution in [0.2, 0.25) is 0 Å². The van der Waals surface area contributed by atoms with Crippen LogP contribution < -0.4 is 23.7 Å². The summed E-state index contributed by atoms with van der Waals surface area (Å²) in [5.74, 6) is -0.303. The molecule has 0 radical (unpaired) electrons. The van der Waals surface area contributed by atoms with Crippen LogP contribution in [-0.2, 0) is 21.7 Å². The number of fused-ring (bicyclic) bond motifs is 2. The van der Waals surface area contributed by atoms with Gasteiger partial charge in [0.05, 0.1) is 49.8 Å². The van der Waals surface area contributed by atoms with Gasteiger partial charge in [0.25, 0.3) is 5.79 Å². The van der Waals surface area contributed by atoms with Crippen LogP contribution in [0.4, 0.5) is 0 Å². The van der Waals surface area contributed by atoms with Crippen molar-refractivity contribution >= 4 is 34.3 Å². The number of benzene rings is 3. The van der Waals surface area contributed by atoms with Crippen molar-refractivity contribution in [3.63, 3.8) is 0 Å². The summed E-state index contributed by atoms with van der Waals surface area (Å²) in [6.45, 7) is 8.69. The first-order valence-corrected chi connectivity index (χ1v) is 15.3. The minimum Gasteiger partial charge on any atom is -0.493 e. The van der Waals surface area contributed by atoms with Gasteiger partial charge < -0.3 is 33.5 Å². The third-order valence-electron chi connectivity index (χ3n) is 7.23. The summed E-state index contributed by atoms with van der Waals surface area (Å²) in [5, 5.41) is 12.3. The Balaban J connectivity index is 1.52. The zero-order valence-electron chi connectivity index (χ0n) is 25.2. The van der Waals surface area contributed by atoms with Gasteiger partial charge in [-0.1, -0.05) is 6.07 Å². The van der Waals surface area contributed by atoms with Crippen molar-refractivity contribution in [2.24, 2.45) is 0 Å². The molecule has 1 aromatic heterocycles. The van der Waals surface area contributed by atoms with E-state index >= 15 is 0 Å². The van der Waals surface area contributed by atoms with E-state index in [-0.39, 0.29) is 24.2 Å². The fraction of sp³-hybridized carbons (Fsp3) is 0.364. The molecule has 1 N–H and O–H groups in total. The molecule has 44 heavy (non-hydrogen) atoms. The number of esters is 1. The Bertz CT molecular complexity index is 1750. The molecule has 4 aromatic rings. The van der Waals surface area contributed by atoms with Crippen LogP contribution in [-0.4, -0.2) is 52.4 Å². The molecule has 0 bridgehead atoms. The standard InChI is InChI=1S/C33H34N2O8S/c1-18(2)41-29-15-20(14-28(38-5)31(29)42-19(3)4)13-23-30(21-7-9-24-25(16-21)35-44-34-24)32(36)43-33(23,37)22-8-10-26-27(17-22)40-12-6-11-39-26/h7-10,14-19,37H,6,11-13H2,1-5H3. The Hall–Kier alpha value is -4.35. The molecule has 0 amide bonds. The second kappa shape index (κ2) is 12.0. The van der Waals surface area contributed by atoms with Crippen molar-refractivity contribution in [3.05, 3.63) is 70.8 Å². The summed E-state index contributed by atoms with van der Waals surface area (Å²) >= 11 is 1.09. The van der Waals surface area contributed by atoms with E-state index in [9.17, 15) is 9.90 Å². The number of aromatic nitrogens is 2. The summed E-state index contributed by atoms with van der Waals surface area (Å²) in [4.78, 5) is 13.7. The number of cyclic esters (lactones) is 1. The van der Waals surface area contributed by atoms with E-state index < -0.39 is 11.8 Å². The maximum Gasteiger partial charge on any atom is 0.342 e. The Morgan fingerprint density at radius 2 is 1.64 bits per heavy atom. The number of hydrogen-bond acceptors (Lipinski definition) is 11. The van der Waals surface area contributed by atoms with Crippen molar-refractivity contribution in [2.75, 3.05) is 20.3 Å². The summed E-state index contributed by atoms with van der Waals surface area (Å²) in [5.41, 5.74) is 3.54. The predicted molar refractivity (Wildman–Crippen MR) is 165 cm³/mol. The first-order chi connectivity index (χ1) is 21.2. The molecular weight excluding hydrogens is 584 g/mol. The molecule has 0 saturated heterocycles. The fourth-order valence-electron chi connectivity index (χ4n) is 5.37. The highest BCUT2D eigenvalue weighted by Crippen LogP contribution is 2.48. The number of aliphatic hydroxyl groups is 1. The molecule has 0 saturated carbocycles. The van der Waals surface area contributed by atoms with Gasteiger partial charge in [-0.2, -0.15) is 8.75 Å². The average Bonchev–Trinajstić information content (AvgIpc) is 3.45. The molecule has 1 atom stereocenters. The Morgan fingerprint density at radius 3 is 2.39 bits per heavy atom. The van der Waals surface area contributed by atoms with Gasteiger partial charge in [0.1, 0.15) is 11.0 Å². The predicted octanol–water partition coefficient (Wildman–Crippen LogP) is 5.83. The van der Waals surface area contributed by atoms with Crippen molar-refractivity contribution in [3.8, 4) is 28.7 Å². The van der Waals surface area contributed by atoms with Crippen LogP contribution in [0, 0.1) is 0 Å². The monoisotopic (exact) mass is 618 g/mol. The van der Waals surface area contributed by atoms with Gasteiger partial charge in [0.2, 0.25) is 5.75 Å². The maximum atomic E-state index is 13.7. The lowest BCUT2D eigenvalue weighted by molar-refractivity contribution is -0.185. The van der Waals surface area contributed by atoms with Crippen LogP contribution in [0.3, 0.4) is 0 Å². The van der Waals surface area contributed by atoms with Crippen molar-refractivity contribution in [1.29, 1.82) is 0 Å². The van der Waals surface area contributed by atoms with E-state index in [1.165, 1.54) is 0 Å². The van der Waals surface area contributed by atoms with Gasteiger partial charge >= 0.3 is 5.97 Å². The van der Waals surface area contributed by atoms with Crippen molar-refractivity contribution < 1.29 is 38.3 Å². The highest BCUT2D eigenvalue weighted by molar-refractivity contribution is 7.00. The maximum absolute atomic E-state index is 13.7. The van der Waals surface area contributed by atoms with Gasteiger partial charge in [0, 0.05) is 24.0 Å². The Labute approximate surface area is 259 Å². The molecule has 2 aliphatic heterocycles. The number of carbonyl (C=O) groups is 1. The summed E-state index contributed by atoms with van der Waals surface area (Å²) in [6.07, 6.45) is 0.574. The number of carbonyl (C=O) groups excluding carboxylic acids is 1. The van der Waals surface area contributed by atoms with Crippen LogP contribution >= 0.6 is 11.7 Å². The molecule has 0 spiro atoms. The van der Waals surface area contributed by atoms with Crippen LogP contribution in [0.1, 0.15) is 50.8 Å². The summed E-state index contributed by atoms with van der Waals surface area (Å²) in [6, 6.07) is 14.1.